The van der Waals surface area contributed by atoms with E-state index in [-0.39, 0.29) is 0 Å². The summed E-state index contributed by atoms with van der Waals surface area (Å²) >= 11 is 5.83. The Labute approximate surface area is 140 Å². The maximum atomic E-state index is 5.83. The van der Waals surface area contributed by atoms with Crippen molar-refractivity contribution < 1.29 is 4.42 Å². The second-order valence-electron chi connectivity index (χ2n) is 6.12. The van der Waals surface area contributed by atoms with E-state index in [0.29, 0.717) is 5.22 Å². The molecule has 0 unspecified atom stereocenters. The molecule has 0 saturated heterocycles. The maximum absolute atomic E-state index is 5.83. The molecule has 0 bridgehead atoms. The molecule has 0 amide bonds. The van der Waals surface area contributed by atoms with Crippen molar-refractivity contribution >= 4 is 17.3 Å². The summed E-state index contributed by atoms with van der Waals surface area (Å²) in [7, 11) is 0. The molecule has 0 spiro atoms. The van der Waals surface area contributed by atoms with Crippen LogP contribution in [0, 0.1) is 0 Å². The van der Waals surface area contributed by atoms with E-state index in [4.69, 9.17) is 21.0 Å². The van der Waals surface area contributed by atoms with Crippen LogP contribution in [0.5, 0.6) is 0 Å². The van der Waals surface area contributed by atoms with Crippen molar-refractivity contribution in [2.75, 3.05) is 13.1 Å². The number of nitrogens with zero attached hydrogens (tertiary/aromatic N) is 4. The third-order valence-corrected chi connectivity index (χ3v) is 4.61. The van der Waals surface area contributed by atoms with Crippen LogP contribution in [0.4, 0.5) is 0 Å². The molecule has 0 N–H and O–H groups in total. The highest BCUT2D eigenvalue weighted by Crippen LogP contribution is 2.21. The van der Waals surface area contributed by atoms with Gasteiger partial charge in [0.25, 0.3) is 0 Å². The monoisotopic (exact) mass is 330 g/mol. The molecule has 2 aliphatic rings. The summed E-state index contributed by atoms with van der Waals surface area (Å²) in [6.07, 6.45) is 6.28. The first kappa shape index (κ1) is 14.8. The van der Waals surface area contributed by atoms with Gasteiger partial charge < -0.3 is 4.42 Å². The molecule has 0 radical (unpaired) electrons. The summed E-state index contributed by atoms with van der Waals surface area (Å²) in [4.78, 5) is 16.2. The summed E-state index contributed by atoms with van der Waals surface area (Å²) in [5.41, 5.74) is 3.44. The van der Waals surface area contributed by atoms with E-state index in [2.05, 4.69) is 14.9 Å². The average molecular weight is 331 g/mol. The van der Waals surface area contributed by atoms with Crippen LogP contribution in [0.1, 0.15) is 42.1 Å². The lowest BCUT2D eigenvalue weighted by Crippen LogP contribution is -2.31. The Morgan fingerprint density at radius 2 is 2.17 bits per heavy atom. The van der Waals surface area contributed by atoms with Crippen molar-refractivity contribution in [3.05, 3.63) is 46.4 Å². The first-order valence-electron chi connectivity index (χ1n) is 8.13. The number of fused-ring (bicyclic) bond motifs is 1. The molecule has 2 aromatic rings. The smallest absolute Gasteiger partial charge is 0.193 e. The third kappa shape index (κ3) is 3.31. The standard InChI is InChI=1S/C17H19ClN4O/c18-16-5-4-13(23-16)11-22-8-6-14-12(10-22)9-20-17(21-14)15-3-1-2-7-19-15/h4-5,9H,1-3,6-8,10-11H2. The van der Waals surface area contributed by atoms with Crippen LogP contribution in [-0.4, -0.2) is 33.7 Å². The van der Waals surface area contributed by atoms with Crippen molar-refractivity contribution in [2.24, 2.45) is 4.99 Å². The van der Waals surface area contributed by atoms with Crippen LogP contribution in [-0.2, 0) is 19.5 Å². The Hall–Kier alpha value is -1.72. The largest absolute Gasteiger partial charge is 0.448 e. The number of hydrogen-bond acceptors (Lipinski definition) is 5. The molecule has 0 saturated carbocycles. The fraction of sp³-hybridized carbons (Fsp3) is 0.471. The normalized spacial score (nSPS) is 18.6. The van der Waals surface area contributed by atoms with Crippen molar-refractivity contribution in [3.8, 4) is 0 Å². The van der Waals surface area contributed by atoms with Gasteiger partial charge in [-0.2, -0.15) is 0 Å². The minimum atomic E-state index is 0.443. The van der Waals surface area contributed by atoms with E-state index >= 15 is 0 Å². The Balaban J connectivity index is 1.48. The minimum absolute atomic E-state index is 0.443. The van der Waals surface area contributed by atoms with Crippen molar-refractivity contribution in [3.63, 3.8) is 0 Å². The van der Waals surface area contributed by atoms with Gasteiger partial charge in [0.05, 0.1) is 18.0 Å². The summed E-state index contributed by atoms with van der Waals surface area (Å²) in [5, 5.41) is 0.443. The van der Waals surface area contributed by atoms with Gasteiger partial charge in [-0.3, -0.25) is 9.89 Å². The topological polar surface area (TPSA) is 54.5 Å². The summed E-state index contributed by atoms with van der Waals surface area (Å²) in [5.74, 6) is 1.72. The van der Waals surface area contributed by atoms with Gasteiger partial charge in [-0.25, -0.2) is 9.97 Å². The minimum Gasteiger partial charge on any atom is -0.448 e. The van der Waals surface area contributed by atoms with Crippen LogP contribution in [0.3, 0.4) is 0 Å². The van der Waals surface area contributed by atoms with E-state index in [1.165, 1.54) is 18.4 Å². The number of rotatable bonds is 3. The predicted octanol–water partition coefficient (Wildman–Crippen LogP) is 3.25. The van der Waals surface area contributed by atoms with E-state index in [1.807, 2.05) is 12.3 Å². The fourth-order valence-corrected chi connectivity index (χ4v) is 3.35. The zero-order valence-electron chi connectivity index (χ0n) is 13.0. The highest BCUT2D eigenvalue weighted by molar-refractivity contribution is 6.28. The molecule has 120 valence electrons. The predicted molar refractivity (Wildman–Crippen MR) is 88.8 cm³/mol. The Bertz CT molecular complexity index is 740. The van der Waals surface area contributed by atoms with Gasteiger partial charge in [0.1, 0.15) is 5.76 Å². The Morgan fingerprint density at radius 1 is 1.22 bits per heavy atom. The SMILES string of the molecule is Clc1ccc(CN2CCc3nc(C4=NCCCC4)ncc3C2)o1. The van der Waals surface area contributed by atoms with E-state index in [1.54, 1.807) is 6.07 Å². The van der Waals surface area contributed by atoms with Crippen LogP contribution in [0.2, 0.25) is 5.22 Å². The lowest BCUT2D eigenvalue weighted by Gasteiger charge is -2.27. The number of aliphatic imine (C=N–C) groups is 1. The van der Waals surface area contributed by atoms with Crippen LogP contribution < -0.4 is 0 Å². The first-order valence-corrected chi connectivity index (χ1v) is 8.51. The van der Waals surface area contributed by atoms with Crippen LogP contribution in [0.15, 0.2) is 27.7 Å². The number of furan rings is 1. The average Bonchev–Trinajstić information content (AvgIpc) is 3.00. The molecule has 2 aliphatic heterocycles. The molecule has 0 fully saturated rings. The molecule has 6 heteroatoms. The zero-order chi connectivity index (χ0) is 15.6. The molecule has 4 rings (SSSR count). The molecule has 5 nitrogen and oxygen atoms in total. The Kier molecular flexibility index (Phi) is 4.14. The highest BCUT2D eigenvalue weighted by atomic mass is 35.5. The number of aromatic nitrogens is 2. The van der Waals surface area contributed by atoms with Crippen LogP contribution in [0.25, 0.3) is 0 Å². The van der Waals surface area contributed by atoms with Gasteiger partial charge in [-0.1, -0.05) is 0 Å². The summed E-state index contributed by atoms with van der Waals surface area (Å²) in [6.45, 7) is 3.49. The zero-order valence-corrected chi connectivity index (χ0v) is 13.7. The van der Waals surface area contributed by atoms with Gasteiger partial charge in [-0.15, -0.1) is 0 Å². The number of hydrogen-bond donors (Lipinski definition) is 0. The van der Waals surface area contributed by atoms with Gasteiger partial charge in [0, 0.05) is 37.8 Å². The van der Waals surface area contributed by atoms with Gasteiger partial charge >= 0.3 is 0 Å². The van der Waals surface area contributed by atoms with E-state index in [9.17, 15) is 0 Å². The van der Waals surface area contributed by atoms with Crippen molar-refractivity contribution in [1.82, 2.24) is 14.9 Å². The fourth-order valence-electron chi connectivity index (χ4n) is 3.19. The van der Waals surface area contributed by atoms with Crippen molar-refractivity contribution in [2.45, 2.75) is 38.8 Å². The van der Waals surface area contributed by atoms with E-state index in [0.717, 1.165) is 62.0 Å². The quantitative estimate of drug-likeness (QED) is 0.866. The molecule has 0 aromatic carbocycles. The molecule has 23 heavy (non-hydrogen) atoms. The first-order chi connectivity index (χ1) is 11.3. The molecule has 0 aliphatic carbocycles. The second-order valence-corrected chi connectivity index (χ2v) is 6.49. The van der Waals surface area contributed by atoms with Gasteiger partial charge in [0.2, 0.25) is 0 Å². The molecule has 2 aromatic heterocycles. The number of halogens is 1. The second kappa shape index (κ2) is 6.42. The maximum Gasteiger partial charge on any atom is 0.193 e. The highest BCUT2D eigenvalue weighted by Gasteiger charge is 2.21. The Morgan fingerprint density at radius 3 is 2.96 bits per heavy atom. The molecule has 4 heterocycles. The van der Waals surface area contributed by atoms with E-state index < -0.39 is 0 Å². The van der Waals surface area contributed by atoms with Gasteiger partial charge in [-0.05, 0) is 43.0 Å². The summed E-state index contributed by atoms with van der Waals surface area (Å²) < 4.78 is 5.45. The lowest BCUT2D eigenvalue weighted by molar-refractivity contribution is 0.223. The molecule has 0 atom stereocenters. The molecular formula is C17H19ClN4O. The van der Waals surface area contributed by atoms with Crippen molar-refractivity contribution in [1.29, 1.82) is 0 Å². The molecular weight excluding hydrogens is 312 g/mol. The van der Waals surface area contributed by atoms with Gasteiger partial charge in [0.15, 0.2) is 11.0 Å². The lowest BCUT2D eigenvalue weighted by atomic mass is 10.1. The third-order valence-electron chi connectivity index (χ3n) is 4.40. The summed E-state index contributed by atoms with van der Waals surface area (Å²) in [6, 6.07) is 3.72. The van der Waals surface area contributed by atoms with Crippen LogP contribution >= 0.6 is 11.6 Å².